The Labute approximate surface area is 161 Å². The summed E-state index contributed by atoms with van der Waals surface area (Å²) in [6, 6.07) is 7.47. The third-order valence-electron chi connectivity index (χ3n) is 4.07. The lowest BCUT2D eigenvalue weighted by Gasteiger charge is -2.16. The van der Waals surface area contributed by atoms with Gasteiger partial charge in [-0.25, -0.2) is 10.4 Å². The molecule has 1 amide bonds. The maximum absolute atomic E-state index is 11.9. The minimum Gasteiger partial charge on any atom is -0.467 e. The number of aromatic nitrogens is 2. The molecule has 1 aliphatic rings. The van der Waals surface area contributed by atoms with E-state index in [0.29, 0.717) is 17.4 Å². The molecule has 2 heterocycles. The van der Waals surface area contributed by atoms with Crippen molar-refractivity contribution in [2.75, 3.05) is 24.6 Å². The molecule has 0 unspecified atom stereocenters. The van der Waals surface area contributed by atoms with E-state index in [1.54, 1.807) is 6.07 Å². The zero-order valence-corrected chi connectivity index (χ0v) is 15.4. The van der Waals surface area contributed by atoms with Crippen LogP contribution in [-0.4, -0.2) is 46.7 Å². The van der Waals surface area contributed by atoms with Gasteiger partial charge in [-0.1, -0.05) is 0 Å². The monoisotopic (exact) mass is 384 g/mol. The molecule has 1 aromatic carbocycles. The first-order valence-electron chi connectivity index (χ1n) is 8.81. The molecule has 1 aromatic heterocycles. The second-order valence-electron chi connectivity index (χ2n) is 6.27. The fourth-order valence-electron chi connectivity index (χ4n) is 2.69. The number of benzene rings is 1. The van der Waals surface area contributed by atoms with E-state index in [1.165, 1.54) is 30.5 Å². The van der Waals surface area contributed by atoms with Crippen molar-refractivity contribution in [1.82, 2.24) is 15.4 Å². The molecule has 28 heavy (non-hydrogen) atoms. The van der Waals surface area contributed by atoms with E-state index in [0.717, 1.165) is 31.6 Å². The minimum atomic E-state index is -0.482. The summed E-state index contributed by atoms with van der Waals surface area (Å²) in [4.78, 5) is 32.9. The molecule has 146 valence electrons. The van der Waals surface area contributed by atoms with Gasteiger partial charge in [0.15, 0.2) is 6.61 Å². The summed E-state index contributed by atoms with van der Waals surface area (Å²) in [5.41, 5.74) is 3.72. The number of hydrogen-bond acceptors (Lipinski definition) is 8. The van der Waals surface area contributed by atoms with Crippen molar-refractivity contribution in [2.24, 2.45) is 5.10 Å². The number of nitro groups is 1. The predicted molar refractivity (Wildman–Crippen MR) is 103 cm³/mol. The van der Waals surface area contributed by atoms with Gasteiger partial charge in [-0.2, -0.15) is 10.1 Å². The molecule has 0 saturated carbocycles. The Kier molecular flexibility index (Phi) is 6.10. The number of nitrogens with one attached hydrogen (secondary N) is 1. The molecule has 1 N–H and O–H groups in total. The molecule has 0 bridgehead atoms. The lowest BCUT2D eigenvalue weighted by atomic mass is 10.2. The summed E-state index contributed by atoms with van der Waals surface area (Å²) in [7, 11) is 0. The summed E-state index contributed by atoms with van der Waals surface area (Å²) in [5.74, 6) is 0.505. The Morgan fingerprint density at radius 3 is 2.71 bits per heavy atom. The standard InChI is InChI=1S/C18H20N6O4/c1-13-10-17(21-18(20-13)23-8-2-3-9-23)28-12-16(25)22-19-11-14-4-6-15(7-5-14)24(26)27/h4-7,10-11H,2-3,8-9,12H2,1H3,(H,22,25). The summed E-state index contributed by atoms with van der Waals surface area (Å²) in [6.45, 7) is 3.44. The van der Waals surface area contributed by atoms with Crippen LogP contribution in [0.1, 0.15) is 24.1 Å². The molecule has 3 rings (SSSR count). The van der Waals surface area contributed by atoms with Crippen molar-refractivity contribution in [1.29, 1.82) is 0 Å². The van der Waals surface area contributed by atoms with Crippen molar-refractivity contribution < 1.29 is 14.5 Å². The van der Waals surface area contributed by atoms with Crippen LogP contribution in [0.4, 0.5) is 11.6 Å². The maximum Gasteiger partial charge on any atom is 0.278 e. The summed E-state index contributed by atoms with van der Waals surface area (Å²) < 4.78 is 5.46. The van der Waals surface area contributed by atoms with Gasteiger partial charge in [0.05, 0.1) is 11.1 Å². The lowest BCUT2D eigenvalue weighted by Crippen LogP contribution is -2.25. The number of hydrazone groups is 1. The van der Waals surface area contributed by atoms with Gasteiger partial charge in [-0.3, -0.25) is 14.9 Å². The Hall–Kier alpha value is -3.56. The fourth-order valence-corrected chi connectivity index (χ4v) is 2.69. The first-order valence-corrected chi connectivity index (χ1v) is 8.81. The predicted octanol–water partition coefficient (Wildman–Crippen LogP) is 1.82. The van der Waals surface area contributed by atoms with Crippen LogP contribution in [0.2, 0.25) is 0 Å². The highest BCUT2D eigenvalue weighted by Gasteiger charge is 2.16. The van der Waals surface area contributed by atoms with Crippen LogP contribution in [0.3, 0.4) is 0 Å². The number of ether oxygens (including phenoxy) is 1. The van der Waals surface area contributed by atoms with E-state index in [-0.39, 0.29) is 12.3 Å². The Morgan fingerprint density at radius 2 is 2.04 bits per heavy atom. The molecule has 1 aliphatic heterocycles. The third-order valence-corrected chi connectivity index (χ3v) is 4.07. The van der Waals surface area contributed by atoms with Crippen LogP contribution in [0.25, 0.3) is 0 Å². The molecule has 1 saturated heterocycles. The summed E-state index contributed by atoms with van der Waals surface area (Å²) >= 11 is 0. The SMILES string of the molecule is Cc1cc(OCC(=O)NN=Cc2ccc([N+](=O)[O-])cc2)nc(N2CCCC2)n1. The molecule has 0 spiro atoms. The van der Waals surface area contributed by atoms with Gasteiger partial charge < -0.3 is 9.64 Å². The molecule has 2 aromatic rings. The second-order valence-corrected chi connectivity index (χ2v) is 6.27. The highest BCUT2D eigenvalue weighted by atomic mass is 16.6. The summed E-state index contributed by atoms with van der Waals surface area (Å²) in [5, 5.41) is 14.4. The minimum absolute atomic E-state index is 0.0111. The van der Waals surface area contributed by atoms with Crippen LogP contribution in [0.5, 0.6) is 5.88 Å². The average molecular weight is 384 g/mol. The molecule has 10 heteroatoms. The van der Waals surface area contributed by atoms with E-state index < -0.39 is 10.8 Å². The van der Waals surface area contributed by atoms with Gasteiger partial charge >= 0.3 is 0 Å². The number of carbonyl (C=O) groups excluding carboxylic acids is 1. The Balaban J connectivity index is 1.50. The fraction of sp³-hybridized carbons (Fsp3) is 0.333. The number of carbonyl (C=O) groups is 1. The van der Waals surface area contributed by atoms with Crippen molar-refractivity contribution in [3.05, 3.63) is 51.7 Å². The number of anilines is 1. The van der Waals surface area contributed by atoms with Gasteiger partial charge in [0.1, 0.15) is 0 Å². The molecular weight excluding hydrogens is 364 g/mol. The zero-order chi connectivity index (χ0) is 19.9. The number of non-ortho nitro benzene ring substituents is 1. The first-order chi connectivity index (χ1) is 13.5. The first kappa shape index (κ1) is 19.2. The van der Waals surface area contributed by atoms with Gasteiger partial charge in [0, 0.05) is 37.0 Å². The van der Waals surface area contributed by atoms with E-state index in [1.807, 2.05) is 6.92 Å². The maximum atomic E-state index is 11.9. The van der Waals surface area contributed by atoms with Gasteiger partial charge in [0.2, 0.25) is 11.8 Å². The smallest absolute Gasteiger partial charge is 0.278 e. The molecule has 0 aliphatic carbocycles. The molecule has 0 radical (unpaired) electrons. The Morgan fingerprint density at radius 1 is 1.32 bits per heavy atom. The quantitative estimate of drug-likeness (QED) is 0.439. The highest BCUT2D eigenvalue weighted by molar-refractivity contribution is 5.83. The van der Waals surface area contributed by atoms with Gasteiger partial charge in [-0.05, 0) is 37.5 Å². The molecular formula is C18H20N6O4. The topological polar surface area (TPSA) is 123 Å². The lowest BCUT2D eigenvalue weighted by molar-refractivity contribution is -0.384. The largest absolute Gasteiger partial charge is 0.467 e. The van der Waals surface area contributed by atoms with Crippen molar-refractivity contribution in [3.8, 4) is 5.88 Å². The van der Waals surface area contributed by atoms with E-state index in [9.17, 15) is 14.9 Å². The number of aryl methyl sites for hydroxylation is 1. The van der Waals surface area contributed by atoms with Gasteiger partial charge in [0.25, 0.3) is 11.6 Å². The van der Waals surface area contributed by atoms with E-state index in [2.05, 4.69) is 25.4 Å². The highest BCUT2D eigenvalue weighted by Crippen LogP contribution is 2.19. The van der Waals surface area contributed by atoms with Crippen molar-refractivity contribution in [3.63, 3.8) is 0 Å². The second kappa shape index (κ2) is 8.89. The Bertz CT molecular complexity index is 878. The van der Waals surface area contributed by atoms with E-state index in [4.69, 9.17) is 4.74 Å². The molecule has 1 fully saturated rings. The van der Waals surface area contributed by atoms with Crippen LogP contribution in [0.15, 0.2) is 35.4 Å². The third kappa shape index (κ3) is 5.22. The van der Waals surface area contributed by atoms with Crippen LogP contribution in [0, 0.1) is 17.0 Å². The molecule has 0 atom stereocenters. The van der Waals surface area contributed by atoms with Crippen LogP contribution in [-0.2, 0) is 4.79 Å². The van der Waals surface area contributed by atoms with E-state index >= 15 is 0 Å². The number of rotatable bonds is 7. The number of nitro benzene ring substituents is 1. The zero-order valence-electron chi connectivity index (χ0n) is 15.4. The van der Waals surface area contributed by atoms with Crippen LogP contribution >= 0.6 is 0 Å². The van der Waals surface area contributed by atoms with Crippen molar-refractivity contribution >= 4 is 23.8 Å². The number of amides is 1. The average Bonchev–Trinajstić information content (AvgIpc) is 3.21. The summed E-state index contributed by atoms with van der Waals surface area (Å²) in [6.07, 6.45) is 3.62. The van der Waals surface area contributed by atoms with Crippen LogP contribution < -0.4 is 15.1 Å². The van der Waals surface area contributed by atoms with Crippen molar-refractivity contribution in [2.45, 2.75) is 19.8 Å². The molecule has 10 nitrogen and oxygen atoms in total. The number of nitrogens with zero attached hydrogens (tertiary/aromatic N) is 5. The van der Waals surface area contributed by atoms with Gasteiger partial charge in [-0.15, -0.1) is 0 Å². The normalized spacial score (nSPS) is 13.7. The number of hydrogen-bond donors (Lipinski definition) is 1.